The van der Waals surface area contributed by atoms with Gasteiger partial charge in [0.1, 0.15) is 0 Å². The summed E-state index contributed by atoms with van der Waals surface area (Å²) in [7, 11) is 0. The lowest BCUT2D eigenvalue weighted by atomic mass is 9.97. The van der Waals surface area contributed by atoms with Crippen LogP contribution in [0.3, 0.4) is 0 Å². The molecule has 0 spiro atoms. The minimum atomic E-state index is 0.633. The minimum Gasteiger partial charge on any atom is -0.233 e. The Morgan fingerprint density at radius 2 is 1.10 bits per heavy atom. The maximum absolute atomic E-state index is 5.19. The summed E-state index contributed by atoms with van der Waals surface area (Å²) in [5, 5.41) is 11.4. The molecule has 5 heteroatoms. The highest BCUT2D eigenvalue weighted by atomic mass is 32.1. The molecular weight excluding hydrogens is 629 g/mol. The molecule has 0 aliphatic heterocycles. The van der Waals surface area contributed by atoms with Gasteiger partial charge in [-0.15, -0.1) is 21.5 Å². The highest BCUT2D eigenvalue weighted by molar-refractivity contribution is 7.26. The predicted molar refractivity (Wildman–Crippen MR) is 212 cm³/mol. The Kier molecular flexibility index (Phi) is 8.47. The smallest absolute Gasteiger partial charge is 0.160 e. The Morgan fingerprint density at radius 1 is 0.540 bits per heavy atom. The van der Waals surface area contributed by atoms with Gasteiger partial charge in [-0.3, -0.25) is 0 Å². The van der Waals surface area contributed by atoms with E-state index in [2.05, 4.69) is 89.6 Å². The van der Waals surface area contributed by atoms with Gasteiger partial charge in [0.2, 0.25) is 0 Å². The molecule has 0 fully saturated rings. The molecular formula is C45H32N4S. The fourth-order valence-corrected chi connectivity index (χ4v) is 7.45. The largest absolute Gasteiger partial charge is 0.233 e. The molecule has 2 aromatic heterocycles. The van der Waals surface area contributed by atoms with Crippen molar-refractivity contribution in [2.45, 2.75) is 6.92 Å². The summed E-state index contributed by atoms with van der Waals surface area (Å²) in [4.78, 5) is 10.3. The number of rotatable bonds is 7. The van der Waals surface area contributed by atoms with Gasteiger partial charge < -0.3 is 0 Å². The van der Waals surface area contributed by atoms with E-state index in [9.17, 15) is 0 Å². The second-order valence-corrected chi connectivity index (χ2v) is 13.1. The molecule has 0 aliphatic carbocycles. The molecule has 2 heterocycles. The normalized spacial score (nSPS) is 12.0. The average molecular weight is 661 g/mol. The number of aliphatic imine (C=N–C) groups is 2. The summed E-state index contributed by atoms with van der Waals surface area (Å²) >= 11 is 1.80. The fraction of sp³-hybridized carbons (Fsp3) is 0.0222. The zero-order valence-corrected chi connectivity index (χ0v) is 28.3. The lowest BCUT2D eigenvalue weighted by Gasteiger charge is -2.12. The number of fused-ring (bicyclic) bond motifs is 3. The molecule has 0 unspecified atom stereocenters. The van der Waals surface area contributed by atoms with Gasteiger partial charge in [-0.05, 0) is 53.4 Å². The van der Waals surface area contributed by atoms with Crippen molar-refractivity contribution in [3.05, 3.63) is 187 Å². The highest BCUT2D eigenvalue weighted by Gasteiger charge is 2.18. The Hall–Kier alpha value is -6.30. The number of amidine groups is 1. The van der Waals surface area contributed by atoms with E-state index in [-0.39, 0.29) is 0 Å². The zero-order chi connectivity index (χ0) is 33.9. The van der Waals surface area contributed by atoms with Crippen molar-refractivity contribution in [1.82, 2.24) is 10.2 Å². The van der Waals surface area contributed by atoms with Crippen LogP contribution in [0, 0.1) is 0 Å². The molecule has 8 rings (SSSR count). The summed E-state index contributed by atoms with van der Waals surface area (Å²) in [6.07, 6.45) is 0. The molecule has 6 aromatic carbocycles. The topological polar surface area (TPSA) is 50.5 Å². The Morgan fingerprint density at radius 3 is 1.76 bits per heavy atom. The van der Waals surface area contributed by atoms with Crippen molar-refractivity contribution >= 4 is 48.8 Å². The first-order valence-electron chi connectivity index (χ1n) is 16.5. The van der Waals surface area contributed by atoms with Crippen LogP contribution in [-0.2, 0) is 0 Å². The van der Waals surface area contributed by atoms with Crippen LogP contribution in [-0.4, -0.2) is 21.7 Å². The molecule has 0 atom stereocenters. The number of hydrogen-bond donors (Lipinski definition) is 0. The first-order valence-corrected chi connectivity index (χ1v) is 17.3. The maximum atomic E-state index is 5.19. The first-order chi connectivity index (χ1) is 24.6. The number of aromatic nitrogens is 2. The van der Waals surface area contributed by atoms with Crippen LogP contribution in [0.25, 0.3) is 59.5 Å². The molecule has 8 aromatic rings. The second kappa shape index (κ2) is 13.7. The summed E-state index contributed by atoms with van der Waals surface area (Å²) in [6, 6.07) is 56.0. The lowest BCUT2D eigenvalue weighted by Crippen LogP contribution is -2.05. The van der Waals surface area contributed by atoms with Crippen molar-refractivity contribution in [3.63, 3.8) is 0 Å². The average Bonchev–Trinajstić information content (AvgIpc) is 3.58. The summed E-state index contributed by atoms with van der Waals surface area (Å²) in [6.45, 7) is 6.39. The molecule has 50 heavy (non-hydrogen) atoms. The first kappa shape index (κ1) is 31.0. The molecule has 4 nitrogen and oxygen atoms in total. The number of hydrogen-bond acceptors (Lipinski definition) is 4. The lowest BCUT2D eigenvalue weighted by molar-refractivity contribution is 1.04. The van der Waals surface area contributed by atoms with Crippen molar-refractivity contribution in [2.75, 3.05) is 0 Å². The molecule has 0 saturated carbocycles. The number of thiophene rings is 1. The summed E-state index contributed by atoms with van der Waals surface area (Å²) < 4.78 is 2.40. The Labute approximate surface area is 295 Å². The van der Waals surface area contributed by atoms with Gasteiger partial charge in [-0.25, -0.2) is 9.98 Å². The Balaban J connectivity index is 1.23. The van der Waals surface area contributed by atoms with Crippen molar-refractivity contribution < 1.29 is 0 Å². The van der Waals surface area contributed by atoms with Crippen molar-refractivity contribution in [2.24, 2.45) is 9.98 Å². The van der Waals surface area contributed by atoms with Gasteiger partial charge in [-0.2, -0.15) is 0 Å². The van der Waals surface area contributed by atoms with Gasteiger partial charge in [0.25, 0.3) is 0 Å². The summed E-state index contributed by atoms with van der Waals surface area (Å²) in [5.41, 5.74) is 10.6. The standard InChI is InChI=1S/C45H32N4S/c1-30(32-14-6-3-7-15-32)46-45(47-31(2)33-16-8-4-9-17-33)39-27-26-37(44-43(39)38-20-12-13-21-42(38)50-44)34-22-24-36(25-23-34)41-29-28-40(48-49-41)35-18-10-5-11-19-35/h3-29H,1H2,2H3. The van der Waals surface area contributed by atoms with Crippen LogP contribution >= 0.6 is 11.3 Å². The van der Waals surface area contributed by atoms with Crippen LogP contribution in [0.5, 0.6) is 0 Å². The maximum Gasteiger partial charge on any atom is 0.160 e. The molecule has 0 aliphatic rings. The molecule has 0 radical (unpaired) electrons. The van der Waals surface area contributed by atoms with Crippen LogP contribution in [0.4, 0.5) is 0 Å². The van der Waals surface area contributed by atoms with Gasteiger partial charge in [0.15, 0.2) is 5.84 Å². The zero-order valence-electron chi connectivity index (χ0n) is 27.5. The van der Waals surface area contributed by atoms with Crippen LogP contribution in [0.15, 0.2) is 180 Å². The van der Waals surface area contributed by atoms with Gasteiger partial charge in [0, 0.05) is 42.6 Å². The SMILES string of the molecule is C=C(N=C(N=C(C)c1ccccc1)c1ccc(-c2ccc(-c3ccc(-c4ccccc4)nn3)cc2)c2sc3ccccc3c12)c1ccccc1. The van der Waals surface area contributed by atoms with E-state index in [0.717, 1.165) is 61.4 Å². The fourth-order valence-electron chi connectivity index (χ4n) is 6.18. The molecule has 238 valence electrons. The Bertz CT molecular complexity index is 2520. The van der Waals surface area contributed by atoms with Crippen molar-refractivity contribution in [3.8, 4) is 33.6 Å². The van der Waals surface area contributed by atoms with Gasteiger partial charge in [-0.1, -0.05) is 146 Å². The van der Waals surface area contributed by atoms with Crippen LogP contribution in [0.1, 0.15) is 23.6 Å². The van der Waals surface area contributed by atoms with E-state index in [0.29, 0.717) is 11.5 Å². The highest BCUT2D eigenvalue weighted by Crippen LogP contribution is 2.42. The van der Waals surface area contributed by atoms with Crippen LogP contribution < -0.4 is 0 Å². The van der Waals surface area contributed by atoms with Crippen LogP contribution in [0.2, 0.25) is 0 Å². The molecule has 0 amide bonds. The molecule has 0 saturated heterocycles. The third-order valence-corrected chi connectivity index (χ3v) is 10.0. The molecule has 0 bridgehead atoms. The van der Waals surface area contributed by atoms with Gasteiger partial charge >= 0.3 is 0 Å². The van der Waals surface area contributed by atoms with E-state index in [1.165, 1.54) is 14.8 Å². The third kappa shape index (κ3) is 6.18. The van der Waals surface area contributed by atoms with E-state index < -0.39 is 0 Å². The number of nitrogens with zero attached hydrogens (tertiary/aromatic N) is 4. The quantitative estimate of drug-likeness (QED) is 0.126. The number of benzene rings is 6. The monoisotopic (exact) mass is 660 g/mol. The van der Waals surface area contributed by atoms with E-state index in [4.69, 9.17) is 9.98 Å². The predicted octanol–water partition coefficient (Wildman–Crippen LogP) is 11.8. The minimum absolute atomic E-state index is 0.633. The summed E-state index contributed by atoms with van der Waals surface area (Å²) in [5.74, 6) is 0.633. The van der Waals surface area contributed by atoms with E-state index >= 15 is 0 Å². The molecule has 0 N–H and O–H groups in total. The third-order valence-electron chi connectivity index (χ3n) is 8.81. The van der Waals surface area contributed by atoms with Crippen molar-refractivity contribution in [1.29, 1.82) is 0 Å². The van der Waals surface area contributed by atoms with Gasteiger partial charge in [0.05, 0.1) is 17.1 Å². The van der Waals surface area contributed by atoms with E-state index in [1.54, 1.807) is 11.3 Å². The van der Waals surface area contributed by atoms with E-state index in [1.807, 2.05) is 97.9 Å². The second-order valence-electron chi connectivity index (χ2n) is 12.0.